The van der Waals surface area contributed by atoms with E-state index in [1.54, 1.807) is 4.90 Å². The van der Waals surface area contributed by atoms with Crippen molar-refractivity contribution in [1.29, 1.82) is 0 Å². The van der Waals surface area contributed by atoms with Gasteiger partial charge in [0.1, 0.15) is 0 Å². The summed E-state index contributed by atoms with van der Waals surface area (Å²) >= 11 is 1.53. The van der Waals surface area contributed by atoms with Crippen LogP contribution in [0.15, 0.2) is 12.1 Å². The highest BCUT2D eigenvalue weighted by Gasteiger charge is 2.35. The molecule has 4 rings (SSSR count). The van der Waals surface area contributed by atoms with Crippen LogP contribution in [0.5, 0.6) is 0 Å². The number of rotatable bonds is 5. The first-order valence-electron chi connectivity index (χ1n) is 10.5. The lowest BCUT2D eigenvalue weighted by atomic mass is 9.98. The van der Waals surface area contributed by atoms with Crippen LogP contribution in [0.1, 0.15) is 36.8 Å². The van der Waals surface area contributed by atoms with Crippen molar-refractivity contribution in [3.63, 3.8) is 0 Å². The van der Waals surface area contributed by atoms with Crippen LogP contribution < -0.4 is 4.90 Å². The molecule has 2 aliphatic rings. The number of thiazole rings is 1. The molecule has 0 saturated carbocycles. The van der Waals surface area contributed by atoms with Crippen molar-refractivity contribution in [1.82, 2.24) is 9.29 Å². The Balaban J connectivity index is 1.67. The topological polar surface area (TPSA) is 79.8 Å². The van der Waals surface area contributed by atoms with Crippen molar-refractivity contribution >= 4 is 42.6 Å². The Bertz CT molecular complexity index is 1000. The summed E-state index contributed by atoms with van der Waals surface area (Å²) in [6, 6.07) is 4.13. The maximum absolute atomic E-state index is 13.6. The minimum Gasteiger partial charge on any atom is -0.376 e. The summed E-state index contributed by atoms with van der Waals surface area (Å²) in [5.41, 5.74) is 3.16. The molecule has 164 valence electrons. The van der Waals surface area contributed by atoms with E-state index in [2.05, 4.69) is 19.1 Å². The molecule has 2 fully saturated rings. The largest absolute Gasteiger partial charge is 0.376 e. The number of hydrogen-bond acceptors (Lipinski definition) is 6. The van der Waals surface area contributed by atoms with Crippen LogP contribution in [0.3, 0.4) is 0 Å². The molecule has 2 saturated heterocycles. The van der Waals surface area contributed by atoms with Gasteiger partial charge < -0.3 is 4.74 Å². The molecule has 2 atom stereocenters. The summed E-state index contributed by atoms with van der Waals surface area (Å²) in [5, 5.41) is 0.680. The predicted octanol–water partition coefficient (Wildman–Crippen LogP) is 3.10. The molecule has 3 heterocycles. The Morgan fingerprint density at radius 2 is 2.03 bits per heavy atom. The number of amides is 1. The fourth-order valence-electron chi connectivity index (χ4n) is 4.28. The fraction of sp³-hybridized carbons (Fsp3) is 0.619. The number of piperidine rings is 1. The summed E-state index contributed by atoms with van der Waals surface area (Å²) in [4.78, 5) is 20.2. The van der Waals surface area contributed by atoms with Gasteiger partial charge in [-0.3, -0.25) is 9.69 Å². The van der Waals surface area contributed by atoms with Gasteiger partial charge in [0.05, 0.1) is 35.0 Å². The lowest BCUT2D eigenvalue weighted by molar-refractivity contribution is -0.123. The molecular weight excluding hydrogens is 422 g/mol. The van der Waals surface area contributed by atoms with Crippen molar-refractivity contribution < 1.29 is 17.9 Å². The van der Waals surface area contributed by atoms with E-state index >= 15 is 0 Å². The normalized spacial score (nSPS) is 23.2. The lowest BCUT2D eigenvalue weighted by Gasteiger charge is -2.33. The summed E-state index contributed by atoms with van der Waals surface area (Å²) in [5.74, 6) is -0.405. The van der Waals surface area contributed by atoms with Gasteiger partial charge in [0.2, 0.25) is 15.9 Å². The van der Waals surface area contributed by atoms with E-state index in [1.807, 2.05) is 6.92 Å². The zero-order valence-corrected chi connectivity index (χ0v) is 19.4. The van der Waals surface area contributed by atoms with Crippen molar-refractivity contribution in [2.45, 2.75) is 45.6 Å². The van der Waals surface area contributed by atoms with E-state index in [4.69, 9.17) is 9.72 Å². The molecule has 0 bridgehead atoms. The number of carbonyl (C=O) groups is 1. The first-order chi connectivity index (χ1) is 14.2. The molecule has 1 aromatic heterocycles. The minimum absolute atomic E-state index is 0.00208. The maximum atomic E-state index is 13.6. The van der Waals surface area contributed by atoms with Gasteiger partial charge in [-0.05, 0) is 50.7 Å². The van der Waals surface area contributed by atoms with E-state index in [-0.39, 0.29) is 24.5 Å². The molecule has 2 aliphatic heterocycles. The monoisotopic (exact) mass is 451 g/mol. The molecule has 0 spiro atoms. The second kappa shape index (κ2) is 8.53. The van der Waals surface area contributed by atoms with Gasteiger partial charge in [-0.1, -0.05) is 23.5 Å². The summed E-state index contributed by atoms with van der Waals surface area (Å²) < 4.78 is 32.4. The number of fused-ring (bicyclic) bond motifs is 1. The molecular formula is C21H29N3O4S2. The predicted molar refractivity (Wildman–Crippen MR) is 120 cm³/mol. The zero-order valence-electron chi connectivity index (χ0n) is 17.8. The number of anilines is 1. The van der Waals surface area contributed by atoms with E-state index < -0.39 is 10.0 Å². The first kappa shape index (κ1) is 21.7. The fourth-order valence-corrected chi connectivity index (χ4v) is 6.32. The molecule has 2 unspecified atom stereocenters. The van der Waals surface area contributed by atoms with Crippen LogP contribution in [0.4, 0.5) is 5.13 Å². The van der Waals surface area contributed by atoms with Gasteiger partial charge in [0, 0.05) is 19.7 Å². The SMILES string of the molecule is Cc1ccc(C)c2sc(N(CC3CCCO3)C(=O)C3CCCN(S(C)(=O)=O)C3)nc12. The summed E-state index contributed by atoms with van der Waals surface area (Å²) in [7, 11) is -3.31. The van der Waals surface area contributed by atoms with Crippen LogP contribution in [0.25, 0.3) is 10.2 Å². The standard InChI is InChI=1S/C21H29N3O4S2/c1-14-8-9-15(2)19-18(14)22-21(29-19)24(13-17-7-5-11-28-17)20(25)16-6-4-10-23(12-16)30(3,26)27/h8-9,16-17H,4-7,10-13H2,1-3H3. The van der Waals surface area contributed by atoms with Crippen LogP contribution in [0, 0.1) is 19.8 Å². The van der Waals surface area contributed by atoms with Crippen molar-refractivity contribution in [3.05, 3.63) is 23.3 Å². The summed E-state index contributed by atoms with van der Waals surface area (Å²) in [6.45, 7) is 5.99. The lowest BCUT2D eigenvalue weighted by Crippen LogP contribution is -2.48. The van der Waals surface area contributed by atoms with Gasteiger partial charge in [-0.2, -0.15) is 0 Å². The third kappa shape index (κ3) is 4.39. The minimum atomic E-state index is -3.31. The Morgan fingerprint density at radius 1 is 1.27 bits per heavy atom. The first-order valence-corrected chi connectivity index (χ1v) is 13.2. The quantitative estimate of drug-likeness (QED) is 0.698. The van der Waals surface area contributed by atoms with Gasteiger partial charge >= 0.3 is 0 Å². The van der Waals surface area contributed by atoms with Crippen LogP contribution in [-0.2, 0) is 19.6 Å². The molecule has 7 nitrogen and oxygen atoms in total. The smallest absolute Gasteiger partial charge is 0.233 e. The number of aryl methyl sites for hydroxylation is 2. The van der Waals surface area contributed by atoms with Crippen molar-refractivity contribution in [2.75, 3.05) is 37.4 Å². The highest BCUT2D eigenvalue weighted by atomic mass is 32.2. The van der Waals surface area contributed by atoms with E-state index in [1.165, 1.54) is 21.9 Å². The molecule has 9 heteroatoms. The van der Waals surface area contributed by atoms with Gasteiger partial charge in [0.25, 0.3) is 0 Å². The number of ether oxygens (including phenoxy) is 1. The highest BCUT2D eigenvalue weighted by Crippen LogP contribution is 2.35. The van der Waals surface area contributed by atoms with Gasteiger partial charge in [-0.25, -0.2) is 17.7 Å². The number of carbonyl (C=O) groups excluding carboxylic acids is 1. The molecule has 0 aliphatic carbocycles. The second-order valence-corrected chi connectivity index (χ2v) is 11.4. The third-order valence-corrected chi connectivity index (χ3v) is 8.52. The summed E-state index contributed by atoms with van der Waals surface area (Å²) in [6.07, 6.45) is 4.51. The number of sulfonamides is 1. The Hall–Kier alpha value is -1.55. The second-order valence-electron chi connectivity index (χ2n) is 8.42. The number of aromatic nitrogens is 1. The molecule has 30 heavy (non-hydrogen) atoms. The Labute approximate surface area is 182 Å². The zero-order chi connectivity index (χ0) is 21.5. The molecule has 1 amide bonds. The van der Waals surface area contributed by atoms with Crippen LogP contribution in [-0.4, -0.2) is 62.2 Å². The van der Waals surface area contributed by atoms with Gasteiger partial charge in [0.15, 0.2) is 5.13 Å². The third-order valence-electron chi connectivity index (χ3n) is 6.04. The van der Waals surface area contributed by atoms with Crippen LogP contribution in [0.2, 0.25) is 0 Å². The highest BCUT2D eigenvalue weighted by molar-refractivity contribution is 7.88. The maximum Gasteiger partial charge on any atom is 0.233 e. The molecule has 0 radical (unpaired) electrons. The number of nitrogens with zero attached hydrogens (tertiary/aromatic N) is 3. The molecule has 1 aromatic carbocycles. The Morgan fingerprint density at radius 3 is 2.70 bits per heavy atom. The Kier molecular flexibility index (Phi) is 6.16. The molecule has 0 N–H and O–H groups in total. The number of benzene rings is 1. The van der Waals surface area contributed by atoms with E-state index in [9.17, 15) is 13.2 Å². The van der Waals surface area contributed by atoms with Crippen molar-refractivity contribution in [2.24, 2.45) is 5.92 Å². The average molecular weight is 452 g/mol. The molecule has 2 aromatic rings. The average Bonchev–Trinajstić information content (AvgIpc) is 3.38. The van der Waals surface area contributed by atoms with Gasteiger partial charge in [-0.15, -0.1) is 0 Å². The van der Waals surface area contributed by atoms with E-state index in [0.29, 0.717) is 31.1 Å². The van der Waals surface area contributed by atoms with Crippen LogP contribution >= 0.6 is 11.3 Å². The van der Waals surface area contributed by atoms with E-state index in [0.717, 1.165) is 40.8 Å². The van der Waals surface area contributed by atoms with Crippen molar-refractivity contribution in [3.8, 4) is 0 Å². The number of hydrogen-bond donors (Lipinski definition) is 0.